The third kappa shape index (κ3) is 3.39. The highest BCUT2D eigenvalue weighted by Gasteiger charge is 2.25. The molecule has 0 saturated carbocycles. The van der Waals surface area contributed by atoms with E-state index in [1.807, 2.05) is 18.2 Å². The quantitative estimate of drug-likeness (QED) is 0.854. The van der Waals surface area contributed by atoms with Gasteiger partial charge in [0.15, 0.2) is 0 Å². The minimum atomic E-state index is -0.422. The Kier molecular flexibility index (Phi) is 4.37. The first-order chi connectivity index (χ1) is 11.1. The molecular formula is C18H17FN2O2. The molecule has 0 atom stereocenters. The second-order valence-corrected chi connectivity index (χ2v) is 5.46. The minimum Gasteiger partial charge on any atom is -0.335 e. The lowest BCUT2D eigenvalue weighted by Gasteiger charge is -2.34. The molecule has 2 aromatic rings. The van der Waals surface area contributed by atoms with E-state index in [1.54, 1.807) is 28.0 Å². The summed E-state index contributed by atoms with van der Waals surface area (Å²) in [5.41, 5.74) is 0.991. The van der Waals surface area contributed by atoms with Gasteiger partial charge in [-0.25, -0.2) is 4.39 Å². The number of benzene rings is 2. The highest BCUT2D eigenvalue weighted by molar-refractivity contribution is 5.96. The predicted molar refractivity (Wildman–Crippen MR) is 84.6 cm³/mol. The molecule has 23 heavy (non-hydrogen) atoms. The van der Waals surface area contributed by atoms with Crippen molar-refractivity contribution in [1.29, 1.82) is 0 Å². The summed E-state index contributed by atoms with van der Waals surface area (Å²) in [4.78, 5) is 28.1. The molecule has 1 heterocycles. The molecule has 0 bridgehead atoms. The lowest BCUT2D eigenvalue weighted by molar-refractivity contribution is 0.0535. The molecule has 2 amide bonds. The summed E-state index contributed by atoms with van der Waals surface area (Å²) in [5, 5.41) is 0. The maximum atomic E-state index is 13.2. The largest absolute Gasteiger partial charge is 0.335 e. The number of carbonyl (C=O) groups excluding carboxylic acids is 2. The van der Waals surface area contributed by atoms with Crippen LogP contribution in [0.5, 0.6) is 0 Å². The van der Waals surface area contributed by atoms with E-state index in [4.69, 9.17) is 0 Å². The van der Waals surface area contributed by atoms with Crippen molar-refractivity contribution in [2.75, 3.05) is 26.2 Å². The van der Waals surface area contributed by atoms with Crippen molar-refractivity contribution in [1.82, 2.24) is 9.80 Å². The van der Waals surface area contributed by atoms with Crippen LogP contribution in [0.25, 0.3) is 0 Å². The van der Waals surface area contributed by atoms with Crippen LogP contribution in [0.1, 0.15) is 20.7 Å². The minimum absolute atomic E-state index is 0.0246. The number of hydrogen-bond acceptors (Lipinski definition) is 2. The van der Waals surface area contributed by atoms with Crippen molar-refractivity contribution in [2.45, 2.75) is 0 Å². The number of carbonyl (C=O) groups is 2. The molecule has 0 N–H and O–H groups in total. The first-order valence-electron chi connectivity index (χ1n) is 7.54. The molecule has 2 aromatic carbocycles. The molecule has 5 heteroatoms. The summed E-state index contributed by atoms with van der Waals surface area (Å²) >= 11 is 0. The predicted octanol–water partition coefficient (Wildman–Crippen LogP) is 2.42. The molecule has 1 saturated heterocycles. The number of piperazine rings is 1. The summed E-state index contributed by atoms with van der Waals surface area (Å²) in [6.45, 7) is 1.87. The second-order valence-electron chi connectivity index (χ2n) is 5.46. The van der Waals surface area contributed by atoms with Gasteiger partial charge in [0.2, 0.25) is 0 Å². The average molecular weight is 312 g/mol. The molecule has 0 spiro atoms. The van der Waals surface area contributed by atoms with Crippen LogP contribution in [0.15, 0.2) is 54.6 Å². The Morgan fingerprint density at radius 2 is 1.26 bits per heavy atom. The van der Waals surface area contributed by atoms with Gasteiger partial charge in [-0.05, 0) is 30.3 Å². The molecule has 1 fully saturated rings. The van der Waals surface area contributed by atoms with Gasteiger partial charge in [-0.3, -0.25) is 9.59 Å². The number of amides is 2. The summed E-state index contributed by atoms with van der Waals surface area (Å²) < 4.78 is 13.2. The zero-order valence-electron chi connectivity index (χ0n) is 12.6. The standard InChI is InChI=1S/C18H17FN2O2/c19-16-8-4-7-15(13-16)18(23)21-11-9-20(10-12-21)17(22)14-5-2-1-3-6-14/h1-8,13H,9-12H2. The fraction of sp³-hybridized carbons (Fsp3) is 0.222. The van der Waals surface area contributed by atoms with Gasteiger partial charge in [0.05, 0.1) is 0 Å². The van der Waals surface area contributed by atoms with Crippen LogP contribution in [-0.2, 0) is 0 Å². The molecular weight excluding hydrogens is 295 g/mol. The Morgan fingerprint density at radius 1 is 0.739 bits per heavy atom. The van der Waals surface area contributed by atoms with E-state index < -0.39 is 5.82 Å². The molecule has 1 aliphatic rings. The first kappa shape index (κ1) is 15.2. The van der Waals surface area contributed by atoms with E-state index in [0.29, 0.717) is 37.3 Å². The number of rotatable bonds is 2. The highest BCUT2D eigenvalue weighted by Crippen LogP contribution is 2.12. The summed E-state index contributed by atoms with van der Waals surface area (Å²) in [7, 11) is 0. The lowest BCUT2D eigenvalue weighted by atomic mass is 10.1. The summed E-state index contributed by atoms with van der Waals surface area (Å²) in [6, 6.07) is 14.8. The molecule has 0 radical (unpaired) electrons. The Balaban J connectivity index is 1.62. The van der Waals surface area contributed by atoms with Crippen molar-refractivity contribution in [3.63, 3.8) is 0 Å². The monoisotopic (exact) mass is 312 g/mol. The third-order valence-electron chi connectivity index (χ3n) is 3.95. The van der Waals surface area contributed by atoms with E-state index >= 15 is 0 Å². The molecule has 1 aliphatic heterocycles. The van der Waals surface area contributed by atoms with Crippen LogP contribution in [0.3, 0.4) is 0 Å². The van der Waals surface area contributed by atoms with Crippen LogP contribution >= 0.6 is 0 Å². The van der Waals surface area contributed by atoms with Crippen LogP contribution in [-0.4, -0.2) is 47.8 Å². The van der Waals surface area contributed by atoms with Gasteiger partial charge in [0, 0.05) is 37.3 Å². The van der Waals surface area contributed by atoms with Crippen LogP contribution in [0.4, 0.5) is 4.39 Å². The summed E-state index contributed by atoms with van der Waals surface area (Å²) in [5.74, 6) is -0.645. The van der Waals surface area contributed by atoms with Crippen LogP contribution in [0, 0.1) is 5.82 Å². The van der Waals surface area contributed by atoms with Gasteiger partial charge >= 0.3 is 0 Å². The average Bonchev–Trinajstić information content (AvgIpc) is 2.61. The van der Waals surface area contributed by atoms with Gasteiger partial charge in [0.25, 0.3) is 11.8 Å². The van der Waals surface area contributed by atoms with Crippen molar-refractivity contribution in [3.05, 3.63) is 71.5 Å². The van der Waals surface area contributed by atoms with Gasteiger partial charge < -0.3 is 9.80 Å². The zero-order valence-corrected chi connectivity index (χ0v) is 12.6. The molecule has 4 nitrogen and oxygen atoms in total. The maximum Gasteiger partial charge on any atom is 0.254 e. The molecule has 3 rings (SSSR count). The van der Waals surface area contributed by atoms with Crippen molar-refractivity contribution < 1.29 is 14.0 Å². The van der Waals surface area contributed by atoms with E-state index in [1.165, 1.54) is 18.2 Å². The molecule has 118 valence electrons. The van der Waals surface area contributed by atoms with Crippen molar-refractivity contribution >= 4 is 11.8 Å². The zero-order chi connectivity index (χ0) is 16.2. The van der Waals surface area contributed by atoms with E-state index in [-0.39, 0.29) is 11.8 Å². The van der Waals surface area contributed by atoms with Crippen molar-refractivity contribution in [2.24, 2.45) is 0 Å². The summed E-state index contributed by atoms with van der Waals surface area (Å²) in [6.07, 6.45) is 0. The van der Waals surface area contributed by atoms with E-state index in [9.17, 15) is 14.0 Å². The Labute approximate surface area is 134 Å². The van der Waals surface area contributed by atoms with E-state index in [0.717, 1.165) is 0 Å². The number of halogens is 1. The Hall–Kier alpha value is -2.69. The second kappa shape index (κ2) is 6.60. The third-order valence-corrected chi connectivity index (χ3v) is 3.95. The molecule has 0 unspecified atom stereocenters. The van der Waals surface area contributed by atoms with Crippen LogP contribution in [0.2, 0.25) is 0 Å². The maximum absolute atomic E-state index is 13.2. The van der Waals surface area contributed by atoms with Gasteiger partial charge in [-0.2, -0.15) is 0 Å². The lowest BCUT2D eigenvalue weighted by Crippen LogP contribution is -2.50. The van der Waals surface area contributed by atoms with Gasteiger partial charge in [-0.15, -0.1) is 0 Å². The SMILES string of the molecule is O=C(c1ccccc1)N1CCN(C(=O)c2cccc(F)c2)CC1. The molecule has 0 aromatic heterocycles. The fourth-order valence-electron chi connectivity index (χ4n) is 2.68. The topological polar surface area (TPSA) is 40.6 Å². The van der Waals surface area contributed by atoms with Crippen molar-refractivity contribution in [3.8, 4) is 0 Å². The van der Waals surface area contributed by atoms with Gasteiger partial charge in [-0.1, -0.05) is 24.3 Å². The smallest absolute Gasteiger partial charge is 0.254 e. The normalized spacial score (nSPS) is 14.7. The van der Waals surface area contributed by atoms with Crippen LogP contribution < -0.4 is 0 Å². The number of hydrogen-bond donors (Lipinski definition) is 0. The Morgan fingerprint density at radius 3 is 1.83 bits per heavy atom. The number of nitrogens with zero attached hydrogens (tertiary/aromatic N) is 2. The Bertz CT molecular complexity index is 710. The van der Waals surface area contributed by atoms with Gasteiger partial charge in [0.1, 0.15) is 5.82 Å². The van der Waals surface area contributed by atoms with E-state index in [2.05, 4.69) is 0 Å². The first-order valence-corrected chi connectivity index (χ1v) is 7.54. The molecule has 0 aliphatic carbocycles. The highest BCUT2D eigenvalue weighted by atomic mass is 19.1. The fourth-order valence-corrected chi connectivity index (χ4v) is 2.68.